The van der Waals surface area contributed by atoms with Crippen LogP contribution in [-0.2, 0) is 9.53 Å². The molecule has 0 radical (unpaired) electrons. The molecule has 1 aliphatic heterocycles. The van der Waals surface area contributed by atoms with E-state index in [9.17, 15) is 9.59 Å². The van der Waals surface area contributed by atoms with Crippen molar-refractivity contribution in [3.05, 3.63) is 52.9 Å². The van der Waals surface area contributed by atoms with Gasteiger partial charge in [-0.15, -0.1) is 0 Å². The van der Waals surface area contributed by atoms with Crippen LogP contribution in [0.15, 0.2) is 46.0 Å². The number of pyridine rings is 1. The number of thiocarbonyl (C=S) groups is 1. The number of aromatic nitrogens is 1. The fourth-order valence-electron chi connectivity index (χ4n) is 2.95. The fourth-order valence-corrected chi connectivity index (χ4v) is 3.97. The third-order valence-corrected chi connectivity index (χ3v) is 5.44. The normalized spacial score (nSPS) is 15.0. The molecule has 9 heteroatoms. The van der Waals surface area contributed by atoms with Crippen LogP contribution in [0.3, 0.4) is 0 Å². The van der Waals surface area contributed by atoms with E-state index in [0.29, 0.717) is 31.9 Å². The van der Waals surface area contributed by atoms with Crippen molar-refractivity contribution in [3.8, 4) is 16.9 Å². The molecule has 0 bridgehead atoms. The molecule has 0 aliphatic carbocycles. The molecule has 0 atom stereocenters. The second-order valence-corrected chi connectivity index (χ2v) is 7.73. The minimum atomic E-state index is -0.484. The first-order valence-corrected chi connectivity index (χ1v) is 9.61. The molecular formula is C20H14N2O5S2. The van der Waals surface area contributed by atoms with Crippen LogP contribution < -0.4 is 10.1 Å². The Hall–Kier alpha value is -3.17. The molecule has 1 amide bonds. The van der Waals surface area contributed by atoms with Gasteiger partial charge in [0.1, 0.15) is 27.0 Å². The SMILES string of the molecule is COC(=O)c1ccc(-c2cncc3cc(C=C4SC(=S)NC4=O)oc23)cc1OC. The molecule has 1 aliphatic rings. The summed E-state index contributed by atoms with van der Waals surface area (Å²) in [6, 6.07) is 6.92. The Kier molecular flexibility index (Phi) is 5.08. The fraction of sp³-hybridized carbons (Fsp3) is 0.100. The second-order valence-electron chi connectivity index (χ2n) is 6.01. The van der Waals surface area contributed by atoms with Crippen LogP contribution >= 0.6 is 24.0 Å². The van der Waals surface area contributed by atoms with Crippen LogP contribution in [0.5, 0.6) is 5.75 Å². The molecule has 1 saturated heterocycles. The summed E-state index contributed by atoms with van der Waals surface area (Å²) in [6.07, 6.45) is 4.99. The first-order chi connectivity index (χ1) is 14.0. The molecule has 0 spiro atoms. The average Bonchev–Trinajstić information content (AvgIpc) is 3.28. The predicted octanol–water partition coefficient (Wildman–Crippen LogP) is 3.78. The van der Waals surface area contributed by atoms with Crippen LogP contribution in [0.2, 0.25) is 0 Å². The van der Waals surface area contributed by atoms with E-state index in [1.807, 2.05) is 0 Å². The lowest BCUT2D eigenvalue weighted by molar-refractivity contribution is -0.115. The zero-order valence-electron chi connectivity index (χ0n) is 15.3. The molecule has 3 heterocycles. The minimum absolute atomic E-state index is 0.248. The van der Waals surface area contributed by atoms with E-state index in [4.69, 9.17) is 26.1 Å². The number of rotatable bonds is 4. The van der Waals surface area contributed by atoms with Crippen molar-refractivity contribution in [1.82, 2.24) is 10.3 Å². The van der Waals surface area contributed by atoms with Gasteiger partial charge in [-0.25, -0.2) is 4.79 Å². The molecule has 1 N–H and O–H groups in total. The number of carbonyl (C=O) groups excluding carboxylic acids is 2. The number of ether oxygens (including phenoxy) is 2. The van der Waals surface area contributed by atoms with E-state index in [-0.39, 0.29) is 5.91 Å². The van der Waals surface area contributed by atoms with E-state index in [0.717, 1.165) is 16.5 Å². The van der Waals surface area contributed by atoms with Gasteiger partial charge in [-0.1, -0.05) is 30.0 Å². The quantitative estimate of drug-likeness (QED) is 0.383. The van der Waals surface area contributed by atoms with E-state index in [1.165, 1.54) is 26.0 Å². The lowest BCUT2D eigenvalue weighted by atomic mass is 10.0. The standard InChI is InChI=1S/C20H14N2O5S2/c1-25-15-6-10(3-4-13(15)19(24)26-2)14-9-21-8-11-5-12(27-17(11)14)7-16-18(23)22-20(28)29-16/h3-9H,1-2H3,(H,22,23,28). The van der Waals surface area contributed by atoms with Crippen molar-refractivity contribution in [2.45, 2.75) is 0 Å². The number of hydrogen-bond donors (Lipinski definition) is 1. The van der Waals surface area contributed by atoms with Gasteiger partial charge >= 0.3 is 5.97 Å². The smallest absolute Gasteiger partial charge is 0.341 e. The Balaban J connectivity index is 1.78. The van der Waals surface area contributed by atoms with E-state index in [2.05, 4.69) is 10.3 Å². The molecule has 0 unspecified atom stereocenters. The van der Waals surface area contributed by atoms with Gasteiger partial charge in [-0.2, -0.15) is 0 Å². The van der Waals surface area contributed by atoms with E-state index < -0.39 is 5.97 Å². The number of thioether (sulfide) groups is 1. The molecule has 7 nitrogen and oxygen atoms in total. The Morgan fingerprint density at radius 2 is 2.10 bits per heavy atom. The third kappa shape index (κ3) is 3.62. The Bertz CT molecular complexity index is 1200. The molecule has 29 heavy (non-hydrogen) atoms. The summed E-state index contributed by atoms with van der Waals surface area (Å²) in [5.74, 6) is 0.159. The summed E-state index contributed by atoms with van der Waals surface area (Å²) in [4.78, 5) is 28.5. The summed E-state index contributed by atoms with van der Waals surface area (Å²) >= 11 is 6.19. The number of amides is 1. The van der Waals surface area contributed by atoms with Gasteiger partial charge in [0.25, 0.3) is 5.91 Å². The molecule has 2 aromatic heterocycles. The number of esters is 1. The van der Waals surface area contributed by atoms with Crippen molar-refractivity contribution in [1.29, 1.82) is 0 Å². The van der Waals surface area contributed by atoms with Gasteiger partial charge in [-0.05, 0) is 23.8 Å². The maximum Gasteiger partial charge on any atom is 0.341 e. The lowest BCUT2D eigenvalue weighted by Gasteiger charge is -2.09. The highest BCUT2D eigenvalue weighted by Crippen LogP contribution is 2.35. The largest absolute Gasteiger partial charge is 0.496 e. The first-order valence-electron chi connectivity index (χ1n) is 8.39. The maximum atomic E-state index is 11.9. The van der Waals surface area contributed by atoms with Crippen LogP contribution in [0.1, 0.15) is 16.1 Å². The van der Waals surface area contributed by atoms with Crippen LogP contribution in [0, 0.1) is 0 Å². The van der Waals surface area contributed by atoms with Crippen molar-refractivity contribution in [2.75, 3.05) is 14.2 Å². The Morgan fingerprint density at radius 3 is 2.79 bits per heavy atom. The van der Waals surface area contributed by atoms with Crippen LogP contribution in [-0.4, -0.2) is 35.4 Å². The maximum absolute atomic E-state index is 11.9. The highest BCUT2D eigenvalue weighted by molar-refractivity contribution is 8.26. The minimum Gasteiger partial charge on any atom is -0.496 e. The molecule has 1 fully saturated rings. The Labute approximate surface area is 175 Å². The number of benzene rings is 1. The van der Waals surface area contributed by atoms with Gasteiger partial charge < -0.3 is 19.2 Å². The zero-order valence-corrected chi connectivity index (χ0v) is 17.0. The van der Waals surface area contributed by atoms with E-state index in [1.54, 1.807) is 42.7 Å². The molecule has 4 rings (SSSR count). The molecular weight excluding hydrogens is 412 g/mol. The number of nitrogens with one attached hydrogen (secondary N) is 1. The number of fused-ring (bicyclic) bond motifs is 1. The topological polar surface area (TPSA) is 90.7 Å². The molecule has 146 valence electrons. The average molecular weight is 426 g/mol. The third-order valence-electron chi connectivity index (χ3n) is 4.27. The second kappa shape index (κ2) is 7.69. The van der Waals surface area contributed by atoms with Gasteiger partial charge in [-0.3, -0.25) is 9.78 Å². The molecule has 3 aromatic rings. The van der Waals surface area contributed by atoms with Gasteiger partial charge in [0.2, 0.25) is 0 Å². The zero-order chi connectivity index (χ0) is 20.5. The monoisotopic (exact) mass is 426 g/mol. The highest BCUT2D eigenvalue weighted by atomic mass is 32.2. The number of hydrogen-bond acceptors (Lipinski definition) is 8. The van der Waals surface area contributed by atoms with Crippen molar-refractivity contribution < 1.29 is 23.5 Å². The summed E-state index contributed by atoms with van der Waals surface area (Å²) < 4.78 is 16.5. The number of methoxy groups -OCH3 is 2. The first kappa shape index (κ1) is 19.2. The van der Waals surface area contributed by atoms with Crippen LogP contribution in [0.4, 0.5) is 0 Å². The van der Waals surface area contributed by atoms with Crippen LogP contribution in [0.25, 0.3) is 28.2 Å². The summed E-state index contributed by atoms with van der Waals surface area (Å²) in [5.41, 5.74) is 2.41. The highest BCUT2D eigenvalue weighted by Gasteiger charge is 2.23. The number of nitrogens with zero attached hydrogens (tertiary/aromatic N) is 1. The number of carbonyl (C=O) groups is 2. The van der Waals surface area contributed by atoms with Gasteiger partial charge in [0.15, 0.2) is 0 Å². The number of furan rings is 1. The summed E-state index contributed by atoms with van der Waals surface area (Å²) in [6.45, 7) is 0. The summed E-state index contributed by atoms with van der Waals surface area (Å²) in [5, 5.41) is 3.35. The van der Waals surface area contributed by atoms with Crippen molar-refractivity contribution in [2.24, 2.45) is 0 Å². The van der Waals surface area contributed by atoms with Crippen molar-refractivity contribution in [3.63, 3.8) is 0 Å². The van der Waals surface area contributed by atoms with Crippen molar-refractivity contribution >= 4 is 57.2 Å². The lowest BCUT2D eigenvalue weighted by Crippen LogP contribution is -2.17. The van der Waals surface area contributed by atoms with E-state index >= 15 is 0 Å². The van der Waals surface area contributed by atoms with Gasteiger partial charge in [0.05, 0.1) is 19.1 Å². The predicted molar refractivity (Wildman–Crippen MR) is 114 cm³/mol. The Morgan fingerprint density at radius 1 is 1.28 bits per heavy atom. The summed E-state index contributed by atoms with van der Waals surface area (Å²) in [7, 11) is 2.80. The molecule has 0 saturated carbocycles. The molecule has 1 aromatic carbocycles. The van der Waals surface area contributed by atoms with Gasteiger partial charge in [0, 0.05) is 29.4 Å².